The highest BCUT2D eigenvalue weighted by Gasteiger charge is 2.49. The fourth-order valence-electron chi connectivity index (χ4n) is 2.29. The summed E-state index contributed by atoms with van der Waals surface area (Å²) in [5.41, 5.74) is 0. The minimum Gasteiger partial charge on any atom is -0.0620 e. The van der Waals surface area contributed by atoms with Crippen LogP contribution in [0.25, 0.3) is 0 Å². The predicted molar refractivity (Wildman–Crippen MR) is 77.1 cm³/mol. The highest BCUT2D eigenvalue weighted by atomic mass is 32.1. The van der Waals surface area contributed by atoms with E-state index in [-0.39, 0.29) is 0 Å². The molecular formula is C14H15P2+. The van der Waals surface area contributed by atoms with Crippen molar-refractivity contribution in [3.8, 4) is 0 Å². The standard InChI is InChI=1S/C14H15P2/c1-3-7-13(8-4-1)16(12-11-15-16)14-9-5-2-6-10-14/h1-10,15H,11-12H2/q+1. The first-order valence-corrected chi connectivity index (χ1v) is 9.68. The lowest BCUT2D eigenvalue weighted by Crippen LogP contribution is -2.28. The van der Waals surface area contributed by atoms with Gasteiger partial charge in [-0.05, 0) is 24.3 Å². The van der Waals surface area contributed by atoms with Crippen molar-refractivity contribution in [2.24, 2.45) is 0 Å². The molecule has 0 saturated carbocycles. The third-order valence-corrected chi connectivity index (χ3v) is 12.4. The van der Waals surface area contributed by atoms with Crippen LogP contribution in [-0.4, -0.2) is 12.3 Å². The molecule has 1 atom stereocenters. The van der Waals surface area contributed by atoms with Crippen LogP contribution in [-0.2, 0) is 0 Å². The molecule has 0 aliphatic carbocycles. The van der Waals surface area contributed by atoms with Crippen molar-refractivity contribution in [1.82, 2.24) is 0 Å². The van der Waals surface area contributed by atoms with E-state index in [0.29, 0.717) is 0 Å². The Labute approximate surface area is 99.1 Å². The van der Waals surface area contributed by atoms with Crippen molar-refractivity contribution < 1.29 is 0 Å². The van der Waals surface area contributed by atoms with Gasteiger partial charge in [-0.3, -0.25) is 0 Å². The average molecular weight is 245 g/mol. The van der Waals surface area contributed by atoms with Crippen LogP contribution in [0.2, 0.25) is 0 Å². The van der Waals surface area contributed by atoms with Crippen LogP contribution in [0.5, 0.6) is 0 Å². The van der Waals surface area contributed by atoms with Gasteiger partial charge in [0.05, 0.1) is 21.4 Å². The Kier molecular flexibility index (Phi) is 2.80. The average Bonchev–Trinajstić information content (AvgIpc) is 2.31. The summed E-state index contributed by atoms with van der Waals surface area (Å²) in [6, 6.07) is 22.3. The van der Waals surface area contributed by atoms with Crippen molar-refractivity contribution in [2.45, 2.75) is 0 Å². The summed E-state index contributed by atoms with van der Waals surface area (Å²) in [4.78, 5) is 0. The highest BCUT2D eigenvalue weighted by Crippen LogP contribution is 2.79. The summed E-state index contributed by atoms with van der Waals surface area (Å²) in [7, 11) is 1.15. The van der Waals surface area contributed by atoms with Crippen LogP contribution in [0.1, 0.15) is 0 Å². The second-order valence-electron chi connectivity index (χ2n) is 4.11. The molecule has 1 heterocycles. The SMILES string of the molecule is c1ccc([P+]2(c3ccccc3)CCP2)cc1. The molecule has 1 fully saturated rings. The first kappa shape index (κ1) is 10.5. The van der Waals surface area contributed by atoms with Crippen LogP contribution in [0, 0.1) is 0 Å². The number of rotatable bonds is 2. The predicted octanol–water partition coefficient (Wildman–Crippen LogP) is 3.26. The van der Waals surface area contributed by atoms with Gasteiger partial charge in [-0.15, -0.1) is 0 Å². The minimum absolute atomic E-state index is 0.947. The van der Waals surface area contributed by atoms with Gasteiger partial charge >= 0.3 is 0 Å². The van der Waals surface area contributed by atoms with Gasteiger partial charge in [0.2, 0.25) is 0 Å². The lowest BCUT2D eigenvalue weighted by molar-refractivity contribution is 1.48. The first-order valence-electron chi connectivity index (χ1n) is 5.66. The second-order valence-corrected chi connectivity index (χ2v) is 11.3. The van der Waals surface area contributed by atoms with Crippen molar-refractivity contribution in [3.05, 3.63) is 60.7 Å². The van der Waals surface area contributed by atoms with E-state index in [1.165, 1.54) is 12.3 Å². The summed E-state index contributed by atoms with van der Waals surface area (Å²) in [6.45, 7) is -0.947. The number of hydrogen-bond donors (Lipinski definition) is 0. The molecule has 3 rings (SSSR count). The molecule has 1 aliphatic rings. The molecule has 2 heteroatoms. The van der Waals surface area contributed by atoms with Crippen molar-refractivity contribution in [2.75, 3.05) is 12.3 Å². The molecule has 2 aromatic rings. The minimum atomic E-state index is -0.947. The fraction of sp³-hybridized carbons (Fsp3) is 0.143. The fourth-order valence-corrected chi connectivity index (χ4v) is 9.51. The van der Waals surface area contributed by atoms with E-state index in [0.717, 1.165) is 8.27 Å². The smallest absolute Gasteiger partial charge is 0.0620 e. The molecule has 16 heavy (non-hydrogen) atoms. The normalized spacial score (nSPS) is 19.2. The summed E-state index contributed by atoms with van der Waals surface area (Å²) in [5.74, 6) is 0. The molecule has 0 N–H and O–H groups in total. The Morgan fingerprint density at radius 3 is 1.50 bits per heavy atom. The molecule has 1 saturated heterocycles. The molecule has 1 unspecified atom stereocenters. The van der Waals surface area contributed by atoms with Crippen LogP contribution < -0.4 is 10.6 Å². The van der Waals surface area contributed by atoms with Gasteiger partial charge in [0.25, 0.3) is 0 Å². The summed E-state index contributed by atoms with van der Waals surface area (Å²) in [5, 5.41) is 3.21. The third kappa shape index (κ3) is 1.61. The summed E-state index contributed by atoms with van der Waals surface area (Å²) >= 11 is 0. The van der Waals surface area contributed by atoms with Gasteiger partial charge in [0.15, 0.2) is 0 Å². The first-order chi connectivity index (χ1) is 7.92. The van der Waals surface area contributed by atoms with Crippen LogP contribution in [0.15, 0.2) is 60.7 Å². The molecule has 1 aliphatic heterocycles. The van der Waals surface area contributed by atoms with E-state index >= 15 is 0 Å². The maximum absolute atomic E-state index is 2.33. The summed E-state index contributed by atoms with van der Waals surface area (Å²) in [6.07, 6.45) is 2.84. The van der Waals surface area contributed by atoms with Gasteiger partial charge in [0.1, 0.15) is 10.6 Å². The van der Waals surface area contributed by atoms with Gasteiger partial charge in [-0.25, -0.2) is 0 Å². The monoisotopic (exact) mass is 245 g/mol. The Bertz CT molecular complexity index is 419. The van der Waals surface area contributed by atoms with E-state index in [1.54, 1.807) is 10.6 Å². The Balaban J connectivity index is 2.08. The van der Waals surface area contributed by atoms with Crippen molar-refractivity contribution in [3.63, 3.8) is 0 Å². The van der Waals surface area contributed by atoms with Crippen molar-refractivity contribution in [1.29, 1.82) is 0 Å². The van der Waals surface area contributed by atoms with E-state index in [1.807, 2.05) is 0 Å². The zero-order valence-corrected chi connectivity index (χ0v) is 11.0. The molecular weight excluding hydrogens is 230 g/mol. The Morgan fingerprint density at radius 2 is 1.19 bits per heavy atom. The zero-order chi connectivity index (χ0) is 10.8. The van der Waals surface area contributed by atoms with Gasteiger partial charge < -0.3 is 0 Å². The molecule has 0 nitrogen and oxygen atoms in total. The van der Waals surface area contributed by atoms with E-state index < -0.39 is 6.95 Å². The molecule has 0 spiro atoms. The third-order valence-electron chi connectivity index (χ3n) is 3.22. The van der Waals surface area contributed by atoms with Gasteiger partial charge in [-0.2, -0.15) is 0 Å². The van der Waals surface area contributed by atoms with Crippen LogP contribution in [0.4, 0.5) is 0 Å². The van der Waals surface area contributed by atoms with Crippen molar-refractivity contribution >= 4 is 25.8 Å². The van der Waals surface area contributed by atoms with Gasteiger partial charge in [0, 0.05) is 6.16 Å². The Hall–Kier alpha value is -0.700. The topological polar surface area (TPSA) is 0 Å². The number of benzene rings is 2. The number of hydrogen-bond acceptors (Lipinski definition) is 0. The second kappa shape index (κ2) is 4.28. The molecule has 0 amide bonds. The molecule has 2 aromatic carbocycles. The van der Waals surface area contributed by atoms with Crippen LogP contribution >= 0.6 is 15.2 Å². The largest absolute Gasteiger partial charge is 0.101 e. The van der Waals surface area contributed by atoms with Crippen LogP contribution in [0.3, 0.4) is 0 Å². The van der Waals surface area contributed by atoms with E-state index in [4.69, 9.17) is 0 Å². The maximum Gasteiger partial charge on any atom is 0.101 e. The highest BCUT2D eigenvalue weighted by molar-refractivity contribution is 8.41. The zero-order valence-electron chi connectivity index (χ0n) is 9.13. The lowest BCUT2D eigenvalue weighted by atomic mass is 10.4. The van der Waals surface area contributed by atoms with E-state index in [2.05, 4.69) is 60.7 Å². The molecule has 0 radical (unpaired) electrons. The van der Waals surface area contributed by atoms with E-state index in [9.17, 15) is 0 Å². The van der Waals surface area contributed by atoms with Gasteiger partial charge in [-0.1, -0.05) is 36.4 Å². The maximum atomic E-state index is 2.33. The molecule has 0 bridgehead atoms. The lowest BCUT2D eigenvalue weighted by Gasteiger charge is -2.33. The Morgan fingerprint density at radius 1 is 0.750 bits per heavy atom. The molecule has 0 aromatic heterocycles. The summed E-state index contributed by atoms with van der Waals surface area (Å²) < 4.78 is 0. The molecule has 80 valence electrons. The quantitative estimate of drug-likeness (QED) is 0.712.